The second kappa shape index (κ2) is 6.73. The van der Waals surface area contributed by atoms with Crippen LogP contribution in [0.2, 0.25) is 0 Å². The first-order chi connectivity index (χ1) is 8.78. The van der Waals surface area contributed by atoms with E-state index >= 15 is 0 Å². The van der Waals surface area contributed by atoms with Crippen molar-refractivity contribution in [3.05, 3.63) is 29.8 Å². The van der Waals surface area contributed by atoms with Gasteiger partial charge < -0.3 is 15.6 Å². The third-order valence-electron chi connectivity index (χ3n) is 3.37. The molecule has 0 saturated carbocycles. The SMILES string of the molecule is Nc1ccc(CN2CCC(OCCO)CC2)cc1. The highest BCUT2D eigenvalue weighted by Gasteiger charge is 2.19. The molecule has 0 spiro atoms. The molecule has 2 rings (SSSR count). The molecule has 18 heavy (non-hydrogen) atoms. The number of hydrogen-bond acceptors (Lipinski definition) is 4. The number of piperidine rings is 1. The molecule has 0 aromatic heterocycles. The zero-order valence-electron chi connectivity index (χ0n) is 10.7. The molecule has 0 atom stereocenters. The van der Waals surface area contributed by atoms with Crippen molar-refractivity contribution in [1.29, 1.82) is 0 Å². The van der Waals surface area contributed by atoms with E-state index in [4.69, 9.17) is 15.6 Å². The molecule has 0 amide bonds. The largest absolute Gasteiger partial charge is 0.399 e. The number of benzene rings is 1. The van der Waals surface area contributed by atoms with Gasteiger partial charge >= 0.3 is 0 Å². The maximum absolute atomic E-state index is 8.72. The fourth-order valence-corrected chi connectivity index (χ4v) is 2.33. The van der Waals surface area contributed by atoms with Crippen molar-refractivity contribution in [3.8, 4) is 0 Å². The smallest absolute Gasteiger partial charge is 0.0701 e. The molecule has 0 bridgehead atoms. The molecule has 0 radical (unpaired) electrons. The van der Waals surface area contributed by atoms with Gasteiger partial charge in [-0.3, -0.25) is 4.90 Å². The first-order valence-corrected chi connectivity index (χ1v) is 6.57. The van der Waals surface area contributed by atoms with Crippen LogP contribution in [0.25, 0.3) is 0 Å². The summed E-state index contributed by atoms with van der Waals surface area (Å²) in [5.41, 5.74) is 7.79. The molecule has 1 heterocycles. The molecule has 1 aliphatic heterocycles. The number of aliphatic hydroxyl groups excluding tert-OH is 1. The lowest BCUT2D eigenvalue weighted by Crippen LogP contribution is -2.36. The monoisotopic (exact) mass is 250 g/mol. The molecule has 0 unspecified atom stereocenters. The molecular weight excluding hydrogens is 228 g/mol. The molecule has 1 aromatic rings. The zero-order valence-corrected chi connectivity index (χ0v) is 10.7. The lowest BCUT2D eigenvalue weighted by Gasteiger charge is -2.31. The van der Waals surface area contributed by atoms with E-state index < -0.39 is 0 Å². The summed E-state index contributed by atoms with van der Waals surface area (Å²) >= 11 is 0. The van der Waals surface area contributed by atoms with Crippen molar-refractivity contribution in [1.82, 2.24) is 4.90 Å². The minimum atomic E-state index is 0.117. The number of rotatable bonds is 5. The zero-order chi connectivity index (χ0) is 12.8. The van der Waals surface area contributed by atoms with Crippen LogP contribution in [0, 0.1) is 0 Å². The predicted octanol–water partition coefficient (Wildman–Crippen LogP) is 1.24. The number of nitrogens with two attached hydrogens (primary N) is 1. The van der Waals surface area contributed by atoms with Gasteiger partial charge in [-0.15, -0.1) is 0 Å². The Morgan fingerprint density at radius 1 is 1.22 bits per heavy atom. The van der Waals surface area contributed by atoms with Crippen molar-refractivity contribution >= 4 is 5.69 Å². The van der Waals surface area contributed by atoms with Gasteiger partial charge in [0.15, 0.2) is 0 Å². The summed E-state index contributed by atoms with van der Waals surface area (Å²) in [7, 11) is 0. The molecule has 1 fully saturated rings. The van der Waals surface area contributed by atoms with E-state index in [-0.39, 0.29) is 6.61 Å². The van der Waals surface area contributed by atoms with Crippen LogP contribution < -0.4 is 5.73 Å². The van der Waals surface area contributed by atoms with Crippen molar-refractivity contribution < 1.29 is 9.84 Å². The van der Waals surface area contributed by atoms with Crippen molar-refractivity contribution in [2.45, 2.75) is 25.5 Å². The Hall–Kier alpha value is -1.10. The van der Waals surface area contributed by atoms with Crippen LogP contribution in [0.3, 0.4) is 0 Å². The van der Waals surface area contributed by atoms with E-state index in [1.54, 1.807) is 0 Å². The number of nitrogen functional groups attached to an aromatic ring is 1. The third kappa shape index (κ3) is 3.98. The lowest BCUT2D eigenvalue weighted by atomic mass is 10.1. The van der Waals surface area contributed by atoms with Crippen LogP contribution in [-0.2, 0) is 11.3 Å². The van der Waals surface area contributed by atoms with Gasteiger partial charge in [-0.2, -0.15) is 0 Å². The highest BCUT2D eigenvalue weighted by atomic mass is 16.5. The molecular formula is C14H22N2O2. The number of ether oxygens (including phenoxy) is 1. The number of aliphatic hydroxyl groups is 1. The average molecular weight is 250 g/mol. The Morgan fingerprint density at radius 3 is 2.50 bits per heavy atom. The summed E-state index contributed by atoms with van der Waals surface area (Å²) in [5.74, 6) is 0. The average Bonchev–Trinajstić information content (AvgIpc) is 2.41. The Kier molecular flexibility index (Phi) is 4.99. The molecule has 1 saturated heterocycles. The minimum absolute atomic E-state index is 0.117. The van der Waals surface area contributed by atoms with E-state index in [9.17, 15) is 0 Å². The summed E-state index contributed by atoms with van der Waals surface area (Å²) < 4.78 is 5.55. The number of anilines is 1. The summed E-state index contributed by atoms with van der Waals surface area (Å²) in [6, 6.07) is 8.08. The number of likely N-dealkylation sites (tertiary alicyclic amines) is 1. The maximum atomic E-state index is 8.72. The maximum Gasteiger partial charge on any atom is 0.0701 e. The van der Waals surface area contributed by atoms with Gasteiger partial charge in [0.05, 0.1) is 19.3 Å². The molecule has 4 heteroatoms. The molecule has 0 aliphatic carbocycles. The molecule has 1 aromatic carbocycles. The standard InChI is InChI=1S/C14H22N2O2/c15-13-3-1-12(2-4-13)11-16-7-5-14(6-8-16)18-10-9-17/h1-4,14,17H,5-11,15H2. The van der Waals surface area contributed by atoms with Crippen LogP contribution in [0.4, 0.5) is 5.69 Å². The van der Waals surface area contributed by atoms with Crippen molar-refractivity contribution in [2.75, 3.05) is 32.0 Å². The molecule has 1 aliphatic rings. The van der Waals surface area contributed by atoms with Gasteiger partial charge in [0.1, 0.15) is 0 Å². The van der Waals surface area contributed by atoms with Crippen molar-refractivity contribution in [3.63, 3.8) is 0 Å². The summed E-state index contributed by atoms with van der Waals surface area (Å²) in [6.07, 6.45) is 2.42. The minimum Gasteiger partial charge on any atom is -0.399 e. The van der Waals surface area contributed by atoms with E-state index in [2.05, 4.69) is 17.0 Å². The van der Waals surface area contributed by atoms with Crippen LogP contribution in [0.1, 0.15) is 18.4 Å². The Balaban J connectivity index is 1.74. The summed E-state index contributed by atoms with van der Waals surface area (Å²) in [6.45, 7) is 3.67. The van der Waals surface area contributed by atoms with Crippen LogP contribution in [-0.4, -0.2) is 42.4 Å². The Labute approximate surface area is 108 Å². The Morgan fingerprint density at radius 2 is 1.89 bits per heavy atom. The van der Waals surface area contributed by atoms with E-state index in [0.29, 0.717) is 12.7 Å². The van der Waals surface area contributed by atoms with Gasteiger partial charge in [0.2, 0.25) is 0 Å². The van der Waals surface area contributed by atoms with Gasteiger partial charge in [0.25, 0.3) is 0 Å². The second-order valence-electron chi connectivity index (χ2n) is 4.81. The van der Waals surface area contributed by atoms with Crippen LogP contribution >= 0.6 is 0 Å². The first-order valence-electron chi connectivity index (χ1n) is 6.57. The van der Waals surface area contributed by atoms with Gasteiger partial charge in [-0.1, -0.05) is 12.1 Å². The highest BCUT2D eigenvalue weighted by molar-refractivity contribution is 5.39. The van der Waals surface area contributed by atoms with Crippen LogP contribution in [0.5, 0.6) is 0 Å². The normalized spacial score (nSPS) is 18.1. The summed E-state index contributed by atoms with van der Waals surface area (Å²) in [5, 5.41) is 8.72. The van der Waals surface area contributed by atoms with Gasteiger partial charge in [0, 0.05) is 25.3 Å². The molecule has 3 N–H and O–H groups in total. The third-order valence-corrected chi connectivity index (χ3v) is 3.37. The highest BCUT2D eigenvalue weighted by Crippen LogP contribution is 2.16. The topological polar surface area (TPSA) is 58.7 Å². The van der Waals surface area contributed by atoms with Crippen LogP contribution in [0.15, 0.2) is 24.3 Å². The summed E-state index contributed by atoms with van der Waals surface area (Å²) in [4.78, 5) is 2.43. The van der Waals surface area contributed by atoms with E-state index in [1.165, 1.54) is 5.56 Å². The fraction of sp³-hybridized carbons (Fsp3) is 0.571. The van der Waals surface area contributed by atoms with E-state index in [1.807, 2.05) is 12.1 Å². The van der Waals surface area contributed by atoms with Crippen molar-refractivity contribution in [2.24, 2.45) is 0 Å². The second-order valence-corrected chi connectivity index (χ2v) is 4.81. The van der Waals surface area contributed by atoms with Gasteiger partial charge in [-0.25, -0.2) is 0 Å². The Bertz CT molecular complexity index is 345. The molecule has 4 nitrogen and oxygen atoms in total. The number of nitrogens with zero attached hydrogens (tertiary/aromatic N) is 1. The lowest BCUT2D eigenvalue weighted by molar-refractivity contribution is -0.00901. The quantitative estimate of drug-likeness (QED) is 0.772. The fourth-order valence-electron chi connectivity index (χ4n) is 2.33. The van der Waals surface area contributed by atoms with Gasteiger partial charge in [-0.05, 0) is 30.5 Å². The molecule has 100 valence electrons. The number of hydrogen-bond donors (Lipinski definition) is 2. The predicted molar refractivity (Wildman–Crippen MR) is 72.2 cm³/mol. The first kappa shape index (κ1) is 13.3. The van der Waals surface area contributed by atoms with E-state index in [0.717, 1.165) is 38.2 Å².